The van der Waals surface area contributed by atoms with E-state index in [9.17, 15) is 4.39 Å². The zero-order chi connectivity index (χ0) is 18.7. The number of anilines is 2. The molecule has 0 bridgehead atoms. The van der Waals surface area contributed by atoms with Crippen LogP contribution in [0.3, 0.4) is 0 Å². The van der Waals surface area contributed by atoms with Crippen LogP contribution in [0.2, 0.25) is 5.02 Å². The predicted octanol–water partition coefficient (Wildman–Crippen LogP) is 5.15. The number of benzene rings is 2. The molecule has 1 heterocycles. The first-order chi connectivity index (χ1) is 12.4. The minimum Gasteiger partial charge on any atom is -0.332 e. The number of rotatable bonds is 4. The topological polar surface area (TPSA) is 41.9 Å². The summed E-state index contributed by atoms with van der Waals surface area (Å²) >= 11 is 11.4. The second kappa shape index (κ2) is 7.85. The molecule has 0 unspecified atom stereocenters. The van der Waals surface area contributed by atoms with Gasteiger partial charge in [0.2, 0.25) is 0 Å². The Morgan fingerprint density at radius 2 is 1.96 bits per heavy atom. The predicted molar refractivity (Wildman–Crippen MR) is 108 cm³/mol. The lowest BCUT2D eigenvalue weighted by atomic mass is 10.1. The van der Waals surface area contributed by atoms with Gasteiger partial charge in [-0.2, -0.15) is 5.10 Å². The van der Waals surface area contributed by atoms with Gasteiger partial charge in [-0.05, 0) is 55.4 Å². The van der Waals surface area contributed by atoms with Crippen LogP contribution in [-0.2, 0) is 6.54 Å². The SMILES string of the molecule is Cc1cccc(NC(=S)Nc2cnn(Cc3c(F)cccc3Cl)c2)c1C. The molecular weight excluding hydrogens is 371 g/mol. The van der Waals surface area contributed by atoms with Gasteiger partial charge >= 0.3 is 0 Å². The zero-order valence-corrected chi connectivity index (χ0v) is 16.0. The Balaban J connectivity index is 1.67. The van der Waals surface area contributed by atoms with Crippen molar-refractivity contribution in [2.24, 2.45) is 0 Å². The van der Waals surface area contributed by atoms with Gasteiger partial charge in [-0.3, -0.25) is 4.68 Å². The van der Waals surface area contributed by atoms with Crippen molar-refractivity contribution >= 4 is 40.3 Å². The van der Waals surface area contributed by atoms with Crippen LogP contribution in [0.15, 0.2) is 48.8 Å². The Hall–Kier alpha value is -2.44. The molecule has 0 fully saturated rings. The largest absolute Gasteiger partial charge is 0.332 e. The number of aromatic nitrogens is 2. The van der Waals surface area contributed by atoms with E-state index >= 15 is 0 Å². The first-order valence-electron chi connectivity index (χ1n) is 8.03. The molecule has 1 aromatic heterocycles. The third-order valence-electron chi connectivity index (χ3n) is 4.13. The van der Waals surface area contributed by atoms with Crippen molar-refractivity contribution in [2.75, 3.05) is 10.6 Å². The number of nitrogens with one attached hydrogen (secondary N) is 2. The van der Waals surface area contributed by atoms with Crippen molar-refractivity contribution in [3.8, 4) is 0 Å². The van der Waals surface area contributed by atoms with Gasteiger partial charge in [-0.1, -0.05) is 29.8 Å². The van der Waals surface area contributed by atoms with E-state index in [2.05, 4.69) is 28.7 Å². The average molecular weight is 389 g/mol. The van der Waals surface area contributed by atoms with E-state index in [0.717, 1.165) is 11.3 Å². The van der Waals surface area contributed by atoms with Crippen molar-refractivity contribution in [1.82, 2.24) is 9.78 Å². The van der Waals surface area contributed by atoms with Gasteiger partial charge in [-0.15, -0.1) is 0 Å². The van der Waals surface area contributed by atoms with E-state index in [-0.39, 0.29) is 12.4 Å². The maximum Gasteiger partial charge on any atom is 0.175 e. The van der Waals surface area contributed by atoms with Gasteiger partial charge < -0.3 is 10.6 Å². The quantitative estimate of drug-likeness (QED) is 0.606. The molecule has 0 saturated heterocycles. The van der Waals surface area contributed by atoms with Crippen LogP contribution < -0.4 is 10.6 Å². The Morgan fingerprint density at radius 3 is 2.73 bits per heavy atom. The van der Waals surface area contributed by atoms with Crippen LogP contribution in [0.1, 0.15) is 16.7 Å². The van der Waals surface area contributed by atoms with Crippen LogP contribution in [-0.4, -0.2) is 14.9 Å². The molecule has 0 aliphatic rings. The third kappa shape index (κ3) is 4.20. The summed E-state index contributed by atoms with van der Waals surface area (Å²) in [5, 5.41) is 11.3. The van der Waals surface area contributed by atoms with Crippen molar-refractivity contribution in [3.63, 3.8) is 0 Å². The fraction of sp³-hybridized carbons (Fsp3) is 0.158. The molecule has 0 radical (unpaired) electrons. The first kappa shape index (κ1) is 18.4. The van der Waals surface area contributed by atoms with Crippen molar-refractivity contribution in [2.45, 2.75) is 20.4 Å². The number of aryl methyl sites for hydroxylation is 1. The average Bonchev–Trinajstić information content (AvgIpc) is 3.02. The minimum atomic E-state index is -0.352. The molecule has 0 saturated carbocycles. The minimum absolute atomic E-state index is 0.240. The molecule has 4 nitrogen and oxygen atoms in total. The highest BCUT2D eigenvalue weighted by Gasteiger charge is 2.09. The van der Waals surface area contributed by atoms with Crippen LogP contribution in [0.25, 0.3) is 0 Å². The van der Waals surface area contributed by atoms with Gasteiger partial charge in [0.05, 0.1) is 18.4 Å². The molecule has 2 aromatic carbocycles. The highest BCUT2D eigenvalue weighted by Crippen LogP contribution is 2.21. The molecule has 3 rings (SSSR count). The van der Waals surface area contributed by atoms with E-state index < -0.39 is 0 Å². The van der Waals surface area contributed by atoms with Crippen molar-refractivity contribution < 1.29 is 4.39 Å². The fourth-order valence-electron chi connectivity index (χ4n) is 2.53. The first-order valence-corrected chi connectivity index (χ1v) is 8.82. The lowest BCUT2D eigenvalue weighted by molar-refractivity contribution is 0.585. The van der Waals surface area contributed by atoms with E-state index in [1.54, 1.807) is 29.2 Å². The van der Waals surface area contributed by atoms with Crippen LogP contribution in [0.4, 0.5) is 15.8 Å². The van der Waals surface area contributed by atoms with Crippen LogP contribution in [0.5, 0.6) is 0 Å². The van der Waals surface area contributed by atoms with Crippen molar-refractivity contribution in [1.29, 1.82) is 0 Å². The summed E-state index contributed by atoms with van der Waals surface area (Å²) in [6.07, 6.45) is 3.38. The third-order valence-corrected chi connectivity index (χ3v) is 4.68. The Kier molecular flexibility index (Phi) is 5.54. The summed E-state index contributed by atoms with van der Waals surface area (Å²) in [4.78, 5) is 0. The lowest BCUT2D eigenvalue weighted by Crippen LogP contribution is -2.19. The Bertz CT molecular complexity index is 934. The van der Waals surface area contributed by atoms with Crippen LogP contribution in [0, 0.1) is 19.7 Å². The van der Waals surface area contributed by atoms with Gasteiger partial charge in [0.1, 0.15) is 5.82 Å². The number of halogens is 2. The number of thiocarbonyl (C=S) groups is 1. The fourth-order valence-corrected chi connectivity index (χ4v) is 2.98. The molecule has 0 aliphatic heterocycles. The molecule has 3 aromatic rings. The molecule has 0 atom stereocenters. The highest BCUT2D eigenvalue weighted by atomic mass is 35.5. The maximum atomic E-state index is 13.9. The van der Waals surface area contributed by atoms with Gasteiger partial charge in [0.15, 0.2) is 5.11 Å². The summed E-state index contributed by atoms with van der Waals surface area (Å²) in [5.74, 6) is -0.352. The maximum absolute atomic E-state index is 13.9. The normalized spacial score (nSPS) is 10.6. The molecule has 0 aliphatic carbocycles. The summed E-state index contributed by atoms with van der Waals surface area (Å²) in [6, 6.07) is 10.6. The second-order valence-electron chi connectivity index (χ2n) is 5.95. The van der Waals surface area contributed by atoms with Gasteiger partial charge in [0.25, 0.3) is 0 Å². The molecule has 26 heavy (non-hydrogen) atoms. The summed E-state index contributed by atoms with van der Waals surface area (Å²) in [7, 11) is 0. The standard InChI is InChI=1S/C19H18ClFN4S/c1-12-5-3-8-18(13(12)2)24-19(26)23-14-9-22-25(10-14)11-15-16(20)6-4-7-17(15)21/h3-10H,11H2,1-2H3,(H2,23,24,26). The highest BCUT2D eigenvalue weighted by molar-refractivity contribution is 7.80. The van der Waals surface area contributed by atoms with Crippen LogP contribution >= 0.6 is 23.8 Å². The molecule has 7 heteroatoms. The molecular formula is C19H18ClFN4S. The van der Waals surface area contributed by atoms with E-state index in [0.29, 0.717) is 21.4 Å². The summed E-state index contributed by atoms with van der Waals surface area (Å²) in [5.41, 5.74) is 4.39. The number of hydrogen-bond acceptors (Lipinski definition) is 2. The number of nitrogens with zero attached hydrogens (tertiary/aromatic N) is 2. The Labute approximate surface area is 162 Å². The Morgan fingerprint density at radius 1 is 1.19 bits per heavy atom. The molecule has 0 spiro atoms. The van der Waals surface area contributed by atoms with Gasteiger partial charge in [0, 0.05) is 22.5 Å². The number of hydrogen-bond donors (Lipinski definition) is 2. The van der Waals surface area contributed by atoms with Crippen molar-refractivity contribution in [3.05, 3.63) is 76.3 Å². The lowest BCUT2D eigenvalue weighted by Gasteiger charge is -2.12. The molecule has 2 N–H and O–H groups in total. The molecule has 134 valence electrons. The van der Waals surface area contributed by atoms with Gasteiger partial charge in [-0.25, -0.2) is 4.39 Å². The van der Waals surface area contributed by atoms with E-state index in [4.69, 9.17) is 23.8 Å². The second-order valence-corrected chi connectivity index (χ2v) is 6.77. The van der Waals surface area contributed by atoms with E-state index in [1.807, 2.05) is 19.1 Å². The molecule has 0 amide bonds. The monoisotopic (exact) mass is 388 g/mol. The van der Waals surface area contributed by atoms with E-state index in [1.165, 1.54) is 11.6 Å². The summed E-state index contributed by atoms with van der Waals surface area (Å²) < 4.78 is 15.5. The summed E-state index contributed by atoms with van der Waals surface area (Å²) in [6.45, 7) is 4.33. The smallest absolute Gasteiger partial charge is 0.175 e. The zero-order valence-electron chi connectivity index (χ0n) is 14.4.